The number of carbonyl (C=O) groups excluding carboxylic acids is 1. The molecule has 1 unspecified atom stereocenters. The molecule has 2 aliphatic rings. The molecule has 8 heteroatoms. The first-order valence-corrected chi connectivity index (χ1v) is 7.43. The number of carbonyl (C=O) groups is 2. The monoisotopic (exact) mass is 300 g/mol. The molecule has 2 amide bonds. The smallest absolute Gasteiger partial charge is 0.332 e. The fourth-order valence-electron chi connectivity index (χ4n) is 2.59. The van der Waals surface area contributed by atoms with Crippen LogP contribution in [-0.4, -0.2) is 80.0 Å². The van der Waals surface area contributed by atoms with E-state index in [1.807, 2.05) is 0 Å². The molecule has 8 nitrogen and oxygen atoms in total. The molecule has 2 saturated heterocycles. The number of aliphatic carboxylic acids is 1. The highest BCUT2D eigenvalue weighted by Gasteiger charge is 2.43. The maximum atomic E-state index is 11.8. The van der Waals surface area contributed by atoms with E-state index in [4.69, 9.17) is 4.74 Å². The maximum absolute atomic E-state index is 11.8. The van der Waals surface area contributed by atoms with Gasteiger partial charge in [0.1, 0.15) is 0 Å². The highest BCUT2D eigenvalue weighted by Crippen LogP contribution is 2.18. The predicted molar refractivity (Wildman–Crippen MR) is 76.3 cm³/mol. The van der Waals surface area contributed by atoms with Crippen molar-refractivity contribution in [3.63, 3.8) is 0 Å². The minimum atomic E-state index is -1.28. The summed E-state index contributed by atoms with van der Waals surface area (Å²) in [6.45, 7) is 5.94. The molecule has 2 rings (SSSR count). The van der Waals surface area contributed by atoms with E-state index in [2.05, 4.69) is 20.9 Å². The highest BCUT2D eigenvalue weighted by molar-refractivity contribution is 5.86. The molecule has 0 aromatic carbocycles. The number of ether oxygens (including phenoxy) is 1. The van der Waals surface area contributed by atoms with E-state index < -0.39 is 17.5 Å². The number of urea groups is 1. The lowest BCUT2D eigenvalue weighted by Crippen LogP contribution is -2.57. The van der Waals surface area contributed by atoms with E-state index in [9.17, 15) is 14.7 Å². The van der Waals surface area contributed by atoms with Gasteiger partial charge < -0.3 is 30.7 Å². The van der Waals surface area contributed by atoms with Crippen LogP contribution in [0.25, 0.3) is 0 Å². The van der Waals surface area contributed by atoms with Crippen LogP contribution in [0.2, 0.25) is 0 Å². The topological polar surface area (TPSA) is 103 Å². The summed E-state index contributed by atoms with van der Waals surface area (Å²) in [6.07, 6.45) is 1.15. The minimum absolute atomic E-state index is 0.0243. The van der Waals surface area contributed by atoms with Gasteiger partial charge in [-0.15, -0.1) is 0 Å². The molecule has 2 aliphatic heterocycles. The first-order chi connectivity index (χ1) is 10.1. The van der Waals surface area contributed by atoms with Gasteiger partial charge >= 0.3 is 12.0 Å². The SMILES string of the molecule is O=C(NCCCN1CCNCC1)NC1(C(=O)O)CCOC1. The van der Waals surface area contributed by atoms with Crippen molar-refractivity contribution < 1.29 is 19.4 Å². The van der Waals surface area contributed by atoms with Crippen molar-refractivity contribution in [2.45, 2.75) is 18.4 Å². The Hall–Kier alpha value is -1.38. The second-order valence-electron chi connectivity index (χ2n) is 5.52. The normalized spacial score (nSPS) is 26.5. The quantitative estimate of drug-likeness (QED) is 0.461. The number of nitrogens with one attached hydrogen (secondary N) is 3. The zero-order valence-corrected chi connectivity index (χ0v) is 12.2. The third-order valence-electron chi connectivity index (χ3n) is 3.93. The Kier molecular flexibility index (Phi) is 5.77. The number of nitrogens with zero attached hydrogens (tertiary/aromatic N) is 1. The van der Waals surface area contributed by atoms with Crippen molar-refractivity contribution in [3.8, 4) is 0 Å². The maximum Gasteiger partial charge on any atom is 0.332 e. The second kappa shape index (κ2) is 7.58. The Morgan fingerprint density at radius 1 is 1.33 bits per heavy atom. The summed E-state index contributed by atoms with van der Waals surface area (Å²) in [5, 5.41) is 17.8. The molecule has 1 atom stereocenters. The molecule has 0 spiro atoms. The number of carboxylic acid groups (broad SMARTS) is 1. The number of piperazine rings is 1. The lowest BCUT2D eigenvalue weighted by Gasteiger charge is -2.27. The molecule has 2 heterocycles. The summed E-state index contributed by atoms with van der Waals surface area (Å²) >= 11 is 0. The lowest BCUT2D eigenvalue weighted by atomic mass is 9.99. The van der Waals surface area contributed by atoms with E-state index in [1.54, 1.807) is 0 Å². The van der Waals surface area contributed by atoms with Crippen LogP contribution in [0.1, 0.15) is 12.8 Å². The van der Waals surface area contributed by atoms with E-state index in [0.717, 1.165) is 39.1 Å². The second-order valence-corrected chi connectivity index (χ2v) is 5.52. The van der Waals surface area contributed by atoms with Crippen LogP contribution < -0.4 is 16.0 Å². The van der Waals surface area contributed by atoms with Gasteiger partial charge in [-0.2, -0.15) is 0 Å². The molecule has 21 heavy (non-hydrogen) atoms. The fraction of sp³-hybridized carbons (Fsp3) is 0.846. The van der Waals surface area contributed by atoms with Crippen LogP contribution in [0, 0.1) is 0 Å². The predicted octanol–water partition coefficient (Wildman–Crippen LogP) is -1.18. The van der Waals surface area contributed by atoms with E-state index in [-0.39, 0.29) is 6.61 Å². The Morgan fingerprint density at radius 3 is 2.71 bits per heavy atom. The molecule has 2 fully saturated rings. The first-order valence-electron chi connectivity index (χ1n) is 7.43. The third kappa shape index (κ3) is 4.55. The largest absolute Gasteiger partial charge is 0.479 e. The molecule has 0 aromatic heterocycles. The average Bonchev–Trinajstić information content (AvgIpc) is 2.94. The van der Waals surface area contributed by atoms with Crippen LogP contribution in [0.4, 0.5) is 4.79 Å². The van der Waals surface area contributed by atoms with Crippen molar-refractivity contribution >= 4 is 12.0 Å². The van der Waals surface area contributed by atoms with Crippen molar-refractivity contribution in [2.75, 3.05) is 52.5 Å². The van der Waals surface area contributed by atoms with Crippen molar-refractivity contribution in [1.82, 2.24) is 20.9 Å². The molecule has 0 saturated carbocycles. The lowest BCUT2D eigenvalue weighted by molar-refractivity contribution is -0.144. The number of hydrogen-bond acceptors (Lipinski definition) is 5. The molecule has 0 aromatic rings. The highest BCUT2D eigenvalue weighted by atomic mass is 16.5. The molecular formula is C13H24N4O4. The zero-order valence-electron chi connectivity index (χ0n) is 12.2. The van der Waals surface area contributed by atoms with Gasteiger partial charge in [-0.05, 0) is 13.0 Å². The Bertz CT molecular complexity index is 365. The van der Waals surface area contributed by atoms with Crippen LogP contribution in [0.5, 0.6) is 0 Å². The van der Waals surface area contributed by atoms with Crippen LogP contribution in [0.15, 0.2) is 0 Å². The summed E-state index contributed by atoms with van der Waals surface area (Å²) in [7, 11) is 0. The fourth-order valence-corrected chi connectivity index (χ4v) is 2.59. The van der Waals surface area contributed by atoms with Crippen LogP contribution in [-0.2, 0) is 9.53 Å². The van der Waals surface area contributed by atoms with Gasteiger partial charge in [0.05, 0.1) is 6.61 Å². The number of hydrogen-bond donors (Lipinski definition) is 4. The molecule has 120 valence electrons. The average molecular weight is 300 g/mol. The molecule has 0 bridgehead atoms. The summed E-state index contributed by atoms with van der Waals surface area (Å²) in [5.74, 6) is -1.05. The summed E-state index contributed by atoms with van der Waals surface area (Å²) in [5.41, 5.74) is -1.28. The number of carboxylic acids is 1. The minimum Gasteiger partial charge on any atom is -0.479 e. The van der Waals surface area contributed by atoms with Gasteiger partial charge in [-0.3, -0.25) is 0 Å². The Balaban J connectivity index is 1.63. The molecule has 0 radical (unpaired) electrons. The van der Waals surface area contributed by atoms with Gasteiger partial charge in [0.15, 0.2) is 5.54 Å². The molecule has 4 N–H and O–H groups in total. The summed E-state index contributed by atoms with van der Waals surface area (Å²) < 4.78 is 5.09. The van der Waals surface area contributed by atoms with Gasteiger partial charge in [0, 0.05) is 45.8 Å². The van der Waals surface area contributed by atoms with Crippen molar-refractivity contribution in [1.29, 1.82) is 0 Å². The number of rotatable bonds is 6. The summed E-state index contributed by atoms with van der Waals surface area (Å²) in [4.78, 5) is 25.4. The van der Waals surface area contributed by atoms with E-state index >= 15 is 0 Å². The van der Waals surface area contributed by atoms with E-state index in [1.165, 1.54) is 0 Å². The van der Waals surface area contributed by atoms with Gasteiger partial charge in [-0.1, -0.05) is 0 Å². The molecule has 0 aliphatic carbocycles. The van der Waals surface area contributed by atoms with Crippen LogP contribution >= 0.6 is 0 Å². The summed E-state index contributed by atoms with van der Waals surface area (Å²) in [6, 6.07) is -0.441. The van der Waals surface area contributed by atoms with Crippen LogP contribution in [0.3, 0.4) is 0 Å². The molecular weight excluding hydrogens is 276 g/mol. The number of amides is 2. The zero-order chi connectivity index (χ0) is 15.1. The Labute approximate surface area is 124 Å². The first kappa shape index (κ1) is 16.0. The van der Waals surface area contributed by atoms with Gasteiger partial charge in [0.2, 0.25) is 0 Å². The van der Waals surface area contributed by atoms with Crippen molar-refractivity contribution in [2.24, 2.45) is 0 Å². The van der Waals surface area contributed by atoms with Gasteiger partial charge in [-0.25, -0.2) is 9.59 Å². The Morgan fingerprint density at radius 2 is 2.10 bits per heavy atom. The standard InChI is InChI=1S/C13H24N4O4/c18-11(19)13(2-9-21-10-13)16-12(20)15-3-1-6-17-7-4-14-5-8-17/h14H,1-10H2,(H,18,19)(H2,15,16,20). The third-order valence-corrected chi connectivity index (χ3v) is 3.93. The van der Waals surface area contributed by atoms with E-state index in [0.29, 0.717) is 19.6 Å². The van der Waals surface area contributed by atoms with Gasteiger partial charge in [0.25, 0.3) is 0 Å². The van der Waals surface area contributed by atoms with Crippen molar-refractivity contribution in [3.05, 3.63) is 0 Å².